The summed E-state index contributed by atoms with van der Waals surface area (Å²) in [6, 6.07) is 2.62. The second-order valence-corrected chi connectivity index (χ2v) is 3.74. The van der Waals surface area contributed by atoms with E-state index in [9.17, 15) is 13.9 Å². The van der Waals surface area contributed by atoms with Crippen LogP contribution in [0.1, 0.15) is 29.2 Å². The van der Waals surface area contributed by atoms with E-state index in [1.807, 2.05) is 0 Å². The number of halogens is 3. The molecule has 16 heavy (non-hydrogen) atoms. The van der Waals surface area contributed by atoms with Gasteiger partial charge in [-0.25, -0.2) is 8.78 Å². The lowest BCUT2D eigenvalue weighted by Gasteiger charge is -2.14. The summed E-state index contributed by atoms with van der Waals surface area (Å²) in [5.41, 5.74) is 7.59. The Kier molecular flexibility index (Phi) is 5.68. The summed E-state index contributed by atoms with van der Waals surface area (Å²) in [5, 5.41) is 9.51. The first-order chi connectivity index (χ1) is 6.91. The molecule has 0 aliphatic heterocycles. The molecule has 5 heteroatoms. The van der Waals surface area contributed by atoms with Gasteiger partial charge in [-0.15, -0.1) is 12.4 Å². The molecule has 92 valence electrons. The van der Waals surface area contributed by atoms with Crippen LogP contribution >= 0.6 is 12.4 Å². The third kappa shape index (κ3) is 3.61. The van der Waals surface area contributed by atoms with Crippen LogP contribution in [-0.2, 0) is 0 Å². The molecule has 0 saturated heterocycles. The van der Waals surface area contributed by atoms with Crippen LogP contribution in [0.2, 0.25) is 0 Å². The normalized spacial score (nSPS) is 12.4. The van der Waals surface area contributed by atoms with E-state index >= 15 is 0 Å². The van der Waals surface area contributed by atoms with Gasteiger partial charge in [0.1, 0.15) is 5.75 Å². The van der Waals surface area contributed by atoms with Gasteiger partial charge in [-0.3, -0.25) is 0 Å². The number of aryl methyl sites for hydroxylation is 2. The van der Waals surface area contributed by atoms with Gasteiger partial charge in [0.05, 0.1) is 0 Å². The van der Waals surface area contributed by atoms with Crippen molar-refractivity contribution in [3.05, 3.63) is 28.8 Å². The number of rotatable bonds is 3. The average molecular weight is 252 g/mol. The second kappa shape index (κ2) is 6.01. The van der Waals surface area contributed by atoms with Gasteiger partial charge >= 0.3 is 0 Å². The van der Waals surface area contributed by atoms with Crippen LogP contribution in [-0.4, -0.2) is 11.5 Å². The van der Waals surface area contributed by atoms with Crippen molar-refractivity contribution in [1.82, 2.24) is 0 Å². The van der Waals surface area contributed by atoms with Gasteiger partial charge in [0, 0.05) is 12.5 Å². The zero-order valence-electron chi connectivity index (χ0n) is 9.21. The van der Waals surface area contributed by atoms with Gasteiger partial charge in [0.15, 0.2) is 0 Å². The first-order valence-electron chi connectivity index (χ1n) is 4.75. The Morgan fingerprint density at radius 1 is 1.25 bits per heavy atom. The highest BCUT2D eigenvalue weighted by molar-refractivity contribution is 5.85. The largest absolute Gasteiger partial charge is 0.507 e. The quantitative estimate of drug-likeness (QED) is 0.867. The van der Waals surface area contributed by atoms with E-state index in [4.69, 9.17) is 5.73 Å². The fourth-order valence-corrected chi connectivity index (χ4v) is 1.53. The monoisotopic (exact) mass is 251 g/mol. The second-order valence-electron chi connectivity index (χ2n) is 3.74. The molecule has 0 aromatic heterocycles. The highest BCUT2D eigenvalue weighted by atomic mass is 35.5. The summed E-state index contributed by atoms with van der Waals surface area (Å²) < 4.78 is 24.2. The molecule has 1 atom stereocenters. The molecule has 0 fully saturated rings. The molecule has 0 amide bonds. The van der Waals surface area contributed by atoms with E-state index in [1.54, 1.807) is 26.0 Å². The van der Waals surface area contributed by atoms with Crippen molar-refractivity contribution in [3.8, 4) is 5.75 Å². The van der Waals surface area contributed by atoms with Crippen LogP contribution in [0, 0.1) is 13.8 Å². The maximum atomic E-state index is 12.1. The predicted molar refractivity (Wildman–Crippen MR) is 62.4 cm³/mol. The zero-order valence-corrected chi connectivity index (χ0v) is 10.0. The van der Waals surface area contributed by atoms with Crippen LogP contribution in [0.5, 0.6) is 5.75 Å². The topological polar surface area (TPSA) is 46.2 Å². The van der Waals surface area contributed by atoms with E-state index in [2.05, 4.69) is 0 Å². The predicted octanol–water partition coefficient (Wildman–Crippen LogP) is 3.09. The number of hydrogen-bond acceptors (Lipinski definition) is 2. The highest BCUT2D eigenvalue weighted by Crippen LogP contribution is 2.27. The van der Waals surface area contributed by atoms with Crippen LogP contribution in [0.3, 0.4) is 0 Å². The average Bonchev–Trinajstić information content (AvgIpc) is 2.12. The smallest absolute Gasteiger partial charge is 0.240 e. The van der Waals surface area contributed by atoms with E-state index in [0.717, 1.165) is 0 Å². The molecule has 0 aliphatic rings. The molecule has 1 aromatic rings. The maximum absolute atomic E-state index is 12.1. The Hall–Kier alpha value is -0.870. The minimum absolute atomic E-state index is 0. The molecular weight excluding hydrogens is 236 g/mol. The molecule has 0 aliphatic carbocycles. The van der Waals surface area contributed by atoms with Crippen molar-refractivity contribution in [3.63, 3.8) is 0 Å². The first-order valence-corrected chi connectivity index (χ1v) is 4.75. The molecular formula is C11H16ClF2NO. The Morgan fingerprint density at radius 2 is 1.69 bits per heavy atom. The SMILES string of the molecule is Cc1cc([C@H](N)CC(F)F)cc(C)c1O.Cl. The highest BCUT2D eigenvalue weighted by Gasteiger charge is 2.14. The number of aromatic hydroxyl groups is 1. The van der Waals surface area contributed by atoms with E-state index in [-0.39, 0.29) is 24.6 Å². The number of phenols is 1. The van der Waals surface area contributed by atoms with Crippen LogP contribution in [0.4, 0.5) is 8.78 Å². The summed E-state index contributed by atoms with van der Waals surface area (Å²) in [6.07, 6.45) is -2.77. The van der Waals surface area contributed by atoms with Gasteiger partial charge in [-0.2, -0.15) is 0 Å². The number of hydrogen-bond donors (Lipinski definition) is 2. The van der Waals surface area contributed by atoms with Crippen LogP contribution in [0.25, 0.3) is 0 Å². The minimum atomic E-state index is -2.41. The zero-order chi connectivity index (χ0) is 11.6. The summed E-state index contributed by atoms with van der Waals surface area (Å²) in [7, 11) is 0. The lowest BCUT2D eigenvalue weighted by molar-refractivity contribution is 0.128. The lowest BCUT2D eigenvalue weighted by atomic mass is 9.99. The van der Waals surface area contributed by atoms with Crippen LogP contribution in [0.15, 0.2) is 12.1 Å². The van der Waals surface area contributed by atoms with Crippen molar-refractivity contribution < 1.29 is 13.9 Å². The van der Waals surface area contributed by atoms with Crippen molar-refractivity contribution in [1.29, 1.82) is 0 Å². The van der Waals surface area contributed by atoms with Gasteiger partial charge in [-0.1, -0.05) is 12.1 Å². The van der Waals surface area contributed by atoms with Crippen molar-refractivity contribution in [2.24, 2.45) is 5.73 Å². The van der Waals surface area contributed by atoms with Crippen molar-refractivity contribution in [2.75, 3.05) is 0 Å². The number of nitrogens with two attached hydrogens (primary N) is 1. The summed E-state index contributed by atoms with van der Waals surface area (Å²) in [6.45, 7) is 3.45. The van der Waals surface area contributed by atoms with Crippen molar-refractivity contribution >= 4 is 12.4 Å². The molecule has 2 nitrogen and oxygen atoms in total. The minimum Gasteiger partial charge on any atom is -0.507 e. The van der Waals surface area contributed by atoms with Gasteiger partial charge < -0.3 is 10.8 Å². The lowest BCUT2D eigenvalue weighted by Crippen LogP contribution is -2.14. The molecule has 0 heterocycles. The molecule has 0 bridgehead atoms. The van der Waals surface area contributed by atoms with Crippen LogP contribution < -0.4 is 5.73 Å². The Morgan fingerprint density at radius 3 is 2.06 bits per heavy atom. The number of benzene rings is 1. The maximum Gasteiger partial charge on any atom is 0.240 e. The fourth-order valence-electron chi connectivity index (χ4n) is 1.53. The number of alkyl halides is 2. The molecule has 0 radical (unpaired) electrons. The summed E-state index contributed by atoms with van der Waals surface area (Å²) in [4.78, 5) is 0. The van der Waals surface area contributed by atoms with Crippen molar-refractivity contribution in [2.45, 2.75) is 32.7 Å². The standard InChI is InChI=1S/C11H15F2NO.ClH/c1-6-3-8(4-7(2)11(6)15)9(14)5-10(12)13;/h3-4,9-10,15H,5,14H2,1-2H3;1H/t9-;/m1./s1. The molecule has 1 aromatic carbocycles. The molecule has 0 spiro atoms. The Labute approximate surface area is 99.9 Å². The Bertz CT molecular complexity index is 335. The Balaban J connectivity index is 0.00000225. The first kappa shape index (κ1) is 15.1. The number of phenolic OH excluding ortho intramolecular Hbond substituents is 1. The molecule has 3 N–H and O–H groups in total. The van der Waals surface area contributed by atoms with Gasteiger partial charge in [0.2, 0.25) is 6.43 Å². The van der Waals surface area contributed by atoms with Gasteiger partial charge in [0.25, 0.3) is 0 Å². The summed E-state index contributed by atoms with van der Waals surface area (Å²) >= 11 is 0. The van der Waals surface area contributed by atoms with E-state index in [0.29, 0.717) is 16.7 Å². The van der Waals surface area contributed by atoms with Gasteiger partial charge in [-0.05, 0) is 30.5 Å². The molecule has 0 saturated carbocycles. The molecule has 1 rings (SSSR count). The third-order valence-electron chi connectivity index (χ3n) is 2.37. The van der Waals surface area contributed by atoms with E-state index < -0.39 is 12.5 Å². The van der Waals surface area contributed by atoms with E-state index in [1.165, 1.54) is 0 Å². The third-order valence-corrected chi connectivity index (χ3v) is 2.37. The fraction of sp³-hybridized carbons (Fsp3) is 0.455. The summed E-state index contributed by atoms with van der Waals surface area (Å²) in [5.74, 6) is 0.197. The molecule has 0 unspecified atom stereocenters.